The van der Waals surface area contributed by atoms with E-state index in [0.29, 0.717) is 34.6 Å². The van der Waals surface area contributed by atoms with Gasteiger partial charge in [0, 0.05) is 34.2 Å². The minimum Gasteiger partial charge on any atom is -0.476 e. The van der Waals surface area contributed by atoms with Crippen molar-refractivity contribution < 1.29 is 14.1 Å². The average molecular weight is 293 g/mol. The molecule has 1 aromatic carbocycles. The predicted octanol–water partition coefficient (Wildman–Crippen LogP) is 1.51. The van der Waals surface area contributed by atoms with Crippen molar-refractivity contribution in [3.8, 4) is 0 Å². The number of carboxylic acids is 1. The van der Waals surface area contributed by atoms with Crippen LogP contribution in [0.4, 0.5) is 5.69 Å². The monoisotopic (exact) mass is 293 g/mol. The summed E-state index contributed by atoms with van der Waals surface area (Å²) in [7, 11) is -0.898. The van der Waals surface area contributed by atoms with Crippen LogP contribution in [0.15, 0.2) is 24.3 Å². The summed E-state index contributed by atoms with van der Waals surface area (Å²) >= 11 is 0. The molecule has 7 heteroatoms. The number of carboxylic acid groups (broad SMARTS) is 1. The second-order valence-electron chi connectivity index (χ2n) is 4.11. The lowest BCUT2D eigenvalue weighted by molar-refractivity contribution is 0.0690. The van der Waals surface area contributed by atoms with E-state index < -0.39 is 16.8 Å². The SMILES string of the molecule is CCS(=O)CCNc1c(C(=O)O)nnc2ccccc12. The van der Waals surface area contributed by atoms with Crippen LogP contribution in [0.25, 0.3) is 10.9 Å². The number of anilines is 1. The average Bonchev–Trinajstić information content (AvgIpc) is 2.46. The van der Waals surface area contributed by atoms with Gasteiger partial charge in [0.2, 0.25) is 0 Å². The van der Waals surface area contributed by atoms with Crippen LogP contribution >= 0.6 is 0 Å². The van der Waals surface area contributed by atoms with Gasteiger partial charge < -0.3 is 10.4 Å². The molecule has 0 aliphatic carbocycles. The van der Waals surface area contributed by atoms with Crippen LogP contribution in [0, 0.1) is 0 Å². The summed E-state index contributed by atoms with van der Waals surface area (Å²) in [5.74, 6) is -0.0861. The Morgan fingerprint density at radius 3 is 2.80 bits per heavy atom. The first-order chi connectivity index (χ1) is 9.63. The number of fused-ring (bicyclic) bond motifs is 1. The van der Waals surface area contributed by atoms with Crippen molar-refractivity contribution in [3.63, 3.8) is 0 Å². The molecule has 1 aromatic heterocycles. The van der Waals surface area contributed by atoms with E-state index in [4.69, 9.17) is 0 Å². The normalized spacial score (nSPS) is 12.2. The van der Waals surface area contributed by atoms with Gasteiger partial charge in [-0.3, -0.25) is 4.21 Å². The molecular formula is C13H15N3O3S. The van der Waals surface area contributed by atoms with E-state index >= 15 is 0 Å². The number of aromatic carboxylic acids is 1. The molecule has 0 aliphatic heterocycles. The number of carbonyl (C=O) groups is 1. The summed E-state index contributed by atoms with van der Waals surface area (Å²) in [5.41, 5.74) is 0.929. The smallest absolute Gasteiger partial charge is 0.358 e. The number of hydrogen-bond acceptors (Lipinski definition) is 5. The molecule has 1 unspecified atom stereocenters. The zero-order chi connectivity index (χ0) is 14.5. The van der Waals surface area contributed by atoms with Crippen LogP contribution in [-0.2, 0) is 10.8 Å². The highest BCUT2D eigenvalue weighted by Gasteiger charge is 2.16. The van der Waals surface area contributed by atoms with Gasteiger partial charge in [-0.2, -0.15) is 0 Å². The summed E-state index contributed by atoms with van der Waals surface area (Å²) in [6.45, 7) is 2.28. The summed E-state index contributed by atoms with van der Waals surface area (Å²) in [6.07, 6.45) is 0. The molecule has 0 bridgehead atoms. The molecule has 0 saturated carbocycles. The second kappa shape index (κ2) is 6.42. The molecule has 6 nitrogen and oxygen atoms in total. The Bertz CT molecular complexity index is 660. The van der Waals surface area contributed by atoms with E-state index in [2.05, 4.69) is 15.5 Å². The van der Waals surface area contributed by atoms with Gasteiger partial charge in [-0.05, 0) is 6.07 Å². The van der Waals surface area contributed by atoms with Gasteiger partial charge >= 0.3 is 5.97 Å². The van der Waals surface area contributed by atoms with Crippen LogP contribution in [-0.4, -0.2) is 43.5 Å². The lowest BCUT2D eigenvalue weighted by Crippen LogP contribution is -2.16. The predicted molar refractivity (Wildman–Crippen MR) is 78.5 cm³/mol. The zero-order valence-electron chi connectivity index (χ0n) is 11.0. The fraction of sp³-hybridized carbons (Fsp3) is 0.308. The Kier molecular flexibility index (Phi) is 4.62. The molecular weight excluding hydrogens is 278 g/mol. The third-order valence-corrected chi connectivity index (χ3v) is 4.13. The fourth-order valence-corrected chi connectivity index (χ4v) is 2.43. The van der Waals surface area contributed by atoms with Gasteiger partial charge in [-0.1, -0.05) is 25.1 Å². The van der Waals surface area contributed by atoms with Crippen LogP contribution in [0.1, 0.15) is 17.4 Å². The van der Waals surface area contributed by atoms with Crippen molar-refractivity contribution in [3.05, 3.63) is 30.0 Å². The number of rotatable bonds is 6. The summed E-state index contributed by atoms with van der Waals surface area (Å²) < 4.78 is 11.4. The molecule has 0 radical (unpaired) electrons. The van der Waals surface area contributed by atoms with Crippen molar-refractivity contribution in [2.24, 2.45) is 0 Å². The van der Waals surface area contributed by atoms with Gasteiger partial charge in [0.15, 0.2) is 5.69 Å². The maximum Gasteiger partial charge on any atom is 0.358 e. The molecule has 0 fully saturated rings. The number of nitrogens with zero attached hydrogens (tertiary/aromatic N) is 2. The minimum atomic E-state index is -1.14. The van der Waals surface area contributed by atoms with Gasteiger partial charge in [-0.25, -0.2) is 4.79 Å². The Morgan fingerprint density at radius 1 is 1.35 bits per heavy atom. The number of benzene rings is 1. The standard InChI is InChI=1S/C13H15N3O3S/c1-2-20(19)8-7-14-11-9-5-3-4-6-10(9)15-16-12(11)13(17)18/h3-6H,2,7-8H2,1H3,(H,14,15)(H,17,18). The molecule has 0 spiro atoms. The summed E-state index contributed by atoms with van der Waals surface area (Å²) in [6, 6.07) is 7.18. The van der Waals surface area contributed by atoms with Gasteiger partial charge in [-0.15, -0.1) is 10.2 Å². The van der Waals surface area contributed by atoms with Crippen molar-refractivity contribution in [2.45, 2.75) is 6.92 Å². The minimum absolute atomic E-state index is 0.119. The third-order valence-electron chi connectivity index (χ3n) is 2.82. The molecule has 2 aromatic rings. The van der Waals surface area contributed by atoms with Gasteiger partial charge in [0.1, 0.15) is 0 Å². The van der Waals surface area contributed by atoms with Crippen molar-refractivity contribution in [1.82, 2.24) is 10.2 Å². The molecule has 0 aliphatic rings. The van der Waals surface area contributed by atoms with Crippen LogP contribution < -0.4 is 5.32 Å². The van der Waals surface area contributed by atoms with Crippen molar-refractivity contribution in [1.29, 1.82) is 0 Å². The maximum atomic E-state index is 11.4. The highest BCUT2D eigenvalue weighted by molar-refractivity contribution is 7.84. The first-order valence-electron chi connectivity index (χ1n) is 6.21. The largest absolute Gasteiger partial charge is 0.476 e. The van der Waals surface area contributed by atoms with Crippen molar-refractivity contribution in [2.75, 3.05) is 23.4 Å². The van der Waals surface area contributed by atoms with E-state index in [1.54, 1.807) is 12.1 Å². The number of hydrogen-bond donors (Lipinski definition) is 2. The molecule has 1 heterocycles. The highest BCUT2D eigenvalue weighted by atomic mass is 32.2. The van der Waals surface area contributed by atoms with Gasteiger partial charge in [0.05, 0.1) is 11.2 Å². The summed E-state index contributed by atoms with van der Waals surface area (Å²) in [5, 5.41) is 20.5. The van der Waals surface area contributed by atoms with E-state index in [1.807, 2.05) is 19.1 Å². The van der Waals surface area contributed by atoms with Gasteiger partial charge in [0.25, 0.3) is 0 Å². The van der Waals surface area contributed by atoms with Crippen LogP contribution in [0.3, 0.4) is 0 Å². The molecule has 2 N–H and O–H groups in total. The lowest BCUT2D eigenvalue weighted by atomic mass is 10.1. The number of nitrogens with one attached hydrogen (secondary N) is 1. The Hall–Kier alpha value is -2.02. The van der Waals surface area contributed by atoms with E-state index in [9.17, 15) is 14.1 Å². The van der Waals surface area contributed by atoms with E-state index in [0.717, 1.165) is 0 Å². The molecule has 1 atom stereocenters. The molecule has 0 saturated heterocycles. The second-order valence-corrected chi connectivity index (χ2v) is 5.97. The fourth-order valence-electron chi connectivity index (χ4n) is 1.82. The number of aromatic nitrogens is 2. The molecule has 0 amide bonds. The molecule has 2 rings (SSSR count). The van der Waals surface area contributed by atoms with Crippen molar-refractivity contribution >= 4 is 33.4 Å². The maximum absolute atomic E-state index is 11.4. The molecule has 106 valence electrons. The summed E-state index contributed by atoms with van der Waals surface area (Å²) in [4.78, 5) is 11.2. The third kappa shape index (κ3) is 3.11. The highest BCUT2D eigenvalue weighted by Crippen LogP contribution is 2.23. The Morgan fingerprint density at radius 2 is 2.10 bits per heavy atom. The van der Waals surface area contributed by atoms with Crippen LogP contribution in [0.5, 0.6) is 0 Å². The van der Waals surface area contributed by atoms with E-state index in [1.165, 1.54) is 0 Å². The quantitative estimate of drug-likeness (QED) is 0.838. The zero-order valence-corrected chi connectivity index (χ0v) is 11.8. The lowest BCUT2D eigenvalue weighted by Gasteiger charge is -2.11. The first-order valence-corrected chi connectivity index (χ1v) is 7.70. The Labute approximate surface area is 118 Å². The first kappa shape index (κ1) is 14.4. The molecule has 20 heavy (non-hydrogen) atoms. The topological polar surface area (TPSA) is 92.2 Å². The Balaban J connectivity index is 2.34. The van der Waals surface area contributed by atoms with E-state index in [-0.39, 0.29) is 5.69 Å². The van der Waals surface area contributed by atoms with Crippen LogP contribution in [0.2, 0.25) is 0 Å².